The molecule has 0 spiro atoms. The minimum atomic E-state index is -3.53. The first kappa shape index (κ1) is 21.1. The molecule has 1 aromatic heterocycles. The Labute approximate surface area is 180 Å². The van der Waals surface area contributed by atoms with E-state index in [2.05, 4.69) is 15.6 Å². The normalized spacial score (nSPS) is 19.4. The Kier molecular flexibility index (Phi) is 5.99. The smallest absolute Gasteiger partial charge is 0.253 e. The molecule has 7 nitrogen and oxygen atoms in total. The Hall–Kier alpha value is -2.16. The van der Waals surface area contributed by atoms with Crippen molar-refractivity contribution in [1.29, 1.82) is 0 Å². The maximum atomic E-state index is 12.8. The quantitative estimate of drug-likeness (QED) is 0.647. The molecule has 1 aromatic carbocycles. The van der Waals surface area contributed by atoms with Crippen LogP contribution in [-0.2, 0) is 16.3 Å². The van der Waals surface area contributed by atoms with Gasteiger partial charge in [0.15, 0.2) is 9.84 Å². The van der Waals surface area contributed by atoms with Gasteiger partial charge in [-0.1, -0.05) is 11.6 Å². The van der Waals surface area contributed by atoms with Crippen LogP contribution in [0.2, 0.25) is 5.02 Å². The predicted octanol–water partition coefficient (Wildman–Crippen LogP) is 2.63. The van der Waals surface area contributed by atoms with E-state index in [4.69, 9.17) is 11.6 Å². The molecule has 2 aliphatic rings. The number of nitrogens with one attached hydrogen (secondary N) is 2. The number of benzene rings is 1. The third-order valence-electron chi connectivity index (χ3n) is 5.86. The van der Waals surface area contributed by atoms with Crippen molar-refractivity contribution >= 4 is 27.3 Å². The van der Waals surface area contributed by atoms with Crippen LogP contribution in [-0.4, -0.2) is 43.3 Å². The Bertz CT molecular complexity index is 1070. The summed E-state index contributed by atoms with van der Waals surface area (Å²) in [5.74, 6) is -0.173. The van der Waals surface area contributed by atoms with Crippen LogP contribution in [0.5, 0.6) is 5.75 Å². The molecule has 30 heavy (non-hydrogen) atoms. The molecule has 1 fully saturated rings. The van der Waals surface area contributed by atoms with Crippen molar-refractivity contribution in [3.8, 4) is 5.75 Å². The van der Waals surface area contributed by atoms with Crippen molar-refractivity contribution in [3.05, 3.63) is 52.3 Å². The van der Waals surface area contributed by atoms with Crippen molar-refractivity contribution in [2.24, 2.45) is 5.92 Å². The number of aromatic nitrogens is 1. The van der Waals surface area contributed by atoms with E-state index in [1.807, 2.05) is 0 Å². The van der Waals surface area contributed by atoms with Gasteiger partial charge in [0.25, 0.3) is 5.91 Å². The average molecular weight is 450 g/mol. The first-order chi connectivity index (χ1) is 14.3. The lowest BCUT2D eigenvalue weighted by Crippen LogP contribution is -2.31. The van der Waals surface area contributed by atoms with Gasteiger partial charge >= 0.3 is 0 Å². The fraction of sp³-hybridized carbons (Fsp3) is 0.429. The largest absolute Gasteiger partial charge is 0.508 e. The highest BCUT2D eigenvalue weighted by atomic mass is 35.5. The van der Waals surface area contributed by atoms with Crippen LogP contribution in [0.4, 0.5) is 0 Å². The number of hydrogen-bond acceptors (Lipinski definition) is 6. The number of aromatic hydroxyl groups is 1. The number of fused-ring (bicyclic) bond motifs is 1. The molecule has 1 unspecified atom stereocenters. The van der Waals surface area contributed by atoms with Crippen LogP contribution in [0.25, 0.3) is 0 Å². The number of carbonyl (C=O) groups excluding carboxylic acids is 1. The summed E-state index contributed by atoms with van der Waals surface area (Å²) in [4.78, 5) is 16.9. The summed E-state index contributed by atoms with van der Waals surface area (Å²) in [6.07, 6.45) is 5.55. The number of piperidine rings is 1. The maximum absolute atomic E-state index is 12.8. The second kappa shape index (κ2) is 8.53. The maximum Gasteiger partial charge on any atom is 0.253 e. The molecule has 0 saturated carbocycles. The summed E-state index contributed by atoms with van der Waals surface area (Å²) in [5.41, 5.74) is 1.63. The van der Waals surface area contributed by atoms with Crippen LogP contribution in [0, 0.1) is 5.92 Å². The molecule has 1 amide bonds. The lowest BCUT2D eigenvalue weighted by molar-refractivity contribution is 0.0936. The van der Waals surface area contributed by atoms with Crippen molar-refractivity contribution in [1.82, 2.24) is 15.6 Å². The molecule has 4 rings (SSSR count). The first-order valence-electron chi connectivity index (χ1n) is 10.0. The van der Waals surface area contributed by atoms with E-state index in [1.54, 1.807) is 6.07 Å². The summed E-state index contributed by atoms with van der Waals surface area (Å²) >= 11 is 6.21. The SMILES string of the molecule is O=C(NC1CCc2c(Cl)ccc(O)c21)c1cncc(S(=O)(=O)CC2CCNCC2)c1. The van der Waals surface area contributed by atoms with Crippen LogP contribution < -0.4 is 10.6 Å². The Morgan fingerprint density at radius 3 is 2.77 bits per heavy atom. The highest BCUT2D eigenvalue weighted by molar-refractivity contribution is 7.91. The van der Waals surface area contributed by atoms with Gasteiger partial charge in [0, 0.05) is 23.0 Å². The van der Waals surface area contributed by atoms with E-state index in [0.29, 0.717) is 23.4 Å². The summed E-state index contributed by atoms with van der Waals surface area (Å²) in [6, 6.07) is 4.15. The summed E-state index contributed by atoms with van der Waals surface area (Å²) < 4.78 is 25.7. The van der Waals surface area contributed by atoms with Gasteiger partial charge in [-0.25, -0.2) is 8.42 Å². The van der Waals surface area contributed by atoms with E-state index >= 15 is 0 Å². The van der Waals surface area contributed by atoms with Crippen LogP contribution in [0.3, 0.4) is 0 Å². The van der Waals surface area contributed by atoms with E-state index in [-0.39, 0.29) is 33.9 Å². The molecule has 1 saturated heterocycles. The van der Waals surface area contributed by atoms with Gasteiger partial charge in [0.05, 0.1) is 22.3 Å². The number of pyridine rings is 1. The van der Waals surface area contributed by atoms with Crippen LogP contribution in [0.15, 0.2) is 35.5 Å². The van der Waals surface area contributed by atoms with Crippen molar-refractivity contribution in [2.75, 3.05) is 18.8 Å². The molecule has 9 heteroatoms. The number of hydrogen-bond donors (Lipinski definition) is 3. The van der Waals surface area contributed by atoms with Gasteiger partial charge in [-0.2, -0.15) is 0 Å². The van der Waals surface area contributed by atoms with Gasteiger partial charge in [-0.05, 0) is 68.5 Å². The monoisotopic (exact) mass is 449 g/mol. The number of nitrogens with zero attached hydrogens (tertiary/aromatic N) is 1. The number of phenolic OH excluding ortho intramolecular Hbond substituents is 1. The molecule has 0 bridgehead atoms. The van der Waals surface area contributed by atoms with E-state index < -0.39 is 15.7 Å². The molecule has 1 aliphatic heterocycles. The van der Waals surface area contributed by atoms with Gasteiger partial charge in [0.1, 0.15) is 5.75 Å². The topological polar surface area (TPSA) is 108 Å². The van der Waals surface area contributed by atoms with Crippen molar-refractivity contribution in [2.45, 2.75) is 36.6 Å². The lowest BCUT2D eigenvalue weighted by Gasteiger charge is -2.22. The van der Waals surface area contributed by atoms with Gasteiger partial charge in [-0.3, -0.25) is 9.78 Å². The highest BCUT2D eigenvalue weighted by Gasteiger charge is 2.30. The highest BCUT2D eigenvalue weighted by Crippen LogP contribution is 2.41. The molecule has 3 N–H and O–H groups in total. The molecule has 160 valence electrons. The van der Waals surface area contributed by atoms with E-state index in [0.717, 1.165) is 31.5 Å². The molecule has 0 radical (unpaired) electrons. The summed E-state index contributed by atoms with van der Waals surface area (Å²) in [5, 5.41) is 16.9. The molecule has 2 heterocycles. The van der Waals surface area contributed by atoms with E-state index in [9.17, 15) is 18.3 Å². The van der Waals surface area contributed by atoms with Crippen molar-refractivity contribution < 1.29 is 18.3 Å². The number of amides is 1. The minimum Gasteiger partial charge on any atom is -0.508 e. The van der Waals surface area contributed by atoms with Gasteiger partial charge in [-0.15, -0.1) is 0 Å². The van der Waals surface area contributed by atoms with Gasteiger partial charge in [0.2, 0.25) is 0 Å². The number of carbonyl (C=O) groups is 1. The van der Waals surface area contributed by atoms with E-state index in [1.165, 1.54) is 24.5 Å². The lowest BCUT2D eigenvalue weighted by atomic mass is 10.0. The molecular formula is C21H24ClN3O4S. The average Bonchev–Trinajstić information content (AvgIpc) is 3.16. The van der Waals surface area contributed by atoms with Crippen LogP contribution in [0.1, 0.15) is 46.8 Å². The Morgan fingerprint density at radius 1 is 1.23 bits per heavy atom. The molecule has 1 atom stereocenters. The zero-order chi connectivity index (χ0) is 21.3. The van der Waals surface area contributed by atoms with Crippen molar-refractivity contribution in [3.63, 3.8) is 0 Å². The molecular weight excluding hydrogens is 426 g/mol. The Balaban J connectivity index is 1.51. The Morgan fingerprint density at radius 2 is 2.00 bits per heavy atom. The number of sulfone groups is 1. The second-order valence-corrected chi connectivity index (χ2v) is 10.3. The number of phenols is 1. The third kappa shape index (κ3) is 4.31. The molecule has 2 aromatic rings. The number of rotatable bonds is 5. The molecule has 1 aliphatic carbocycles. The second-order valence-electron chi connectivity index (χ2n) is 7.91. The third-order valence-corrected chi connectivity index (χ3v) is 8.07. The standard InChI is InChI=1S/C21H24ClN3O4S/c22-17-2-4-19(26)20-16(17)1-3-18(20)25-21(27)14-9-15(11-24-10-14)30(28,29)12-13-5-7-23-8-6-13/h2,4,9-11,13,18,23,26H,1,3,5-8,12H2,(H,25,27). The van der Waals surface area contributed by atoms with Gasteiger partial charge < -0.3 is 15.7 Å². The minimum absolute atomic E-state index is 0.0593. The predicted molar refractivity (Wildman–Crippen MR) is 114 cm³/mol. The fourth-order valence-corrected chi connectivity index (χ4v) is 6.19. The first-order valence-corrected chi connectivity index (χ1v) is 12.1. The fourth-order valence-electron chi connectivity index (χ4n) is 4.26. The zero-order valence-corrected chi connectivity index (χ0v) is 18.0. The summed E-state index contributed by atoms with van der Waals surface area (Å²) in [7, 11) is -3.53. The zero-order valence-electron chi connectivity index (χ0n) is 16.4. The van der Waals surface area contributed by atoms with Crippen LogP contribution >= 0.6 is 11.6 Å². The summed E-state index contributed by atoms with van der Waals surface area (Å²) in [6.45, 7) is 1.64. The number of halogens is 1.